The van der Waals surface area contributed by atoms with Gasteiger partial charge in [-0.3, -0.25) is 0 Å². The second kappa shape index (κ2) is 7.39. The van der Waals surface area contributed by atoms with Gasteiger partial charge in [0.15, 0.2) is 0 Å². The molecule has 2 rings (SSSR count). The zero-order chi connectivity index (χ0) is 15.4. The number of aryl methyl sites for hydroxylation is 2. The second-order valence-electron chi connectivity index (χ2n) is 5.33. The molecule has 1 aromatic heterocycles. The van der Waals surface area contributed by atoms with Crippen molar-refractivity contribution in [3.8, 4) is 0 Å². The van der Waals surface area contributed by atoms with Gasteiger partial charge in [0.05, 0.1) is 0 Å². The highest BCUT2D eigenvalue weighted by atomic mass is 35.5. The van der Waals surface area contributed by atoms with Crippen molar-refractivity contribution in [2.24, 2.45) is 0 Å². The van der Waals surface area contributed by atoms with Crippen LogP contribution in [0.3, 0.4) is 0 Å². The molecule has 0 fully saturated rings. The molecule has 21 heavy (non-hydrogen) atoms. The Bertz CT molecular complexity index is 589. The summed E-state index contributed by atoms with van der Waals surface area (Å²) >= 11 is 7.78. The molecule has 0 aliphatic carbocycles. The summed E-state index contributed by atoms with van der Waals surface area (Å²) < 4.78 is 14.0. The Hall–Kier alpha value is -0.900. The molecular weight excluding hydrogens is 305 g/mol. The molecule has 1 N–H and O–H groups in total. The van der Waals surface area contributed by atoms with Crippen molar-refractivity contribution in [2.75, 3.05) is 6.54 Å². The normalized spacial score (nSPS) is 12.6. The number of rotatable bonds is 6. The maximum atomic E-state index is 14.0. The first-order chi connectivity index (χ1) is 10.0. The van der Waals surface area contributed by atoms with E-state index < -0.39 is 0 Å². The SMILES string of the molecule is CCCNC(Cc1cc(Cl)ccc1F)c1cc(C)c(C)s1. The third-order valence-corrected chi connectivity index (χ3v) is 5.10. The summed E-state index contributed by atoms with van der Waals surface area (Å²) in [6.45, 7) is 7.30. The van der Waals surface area contributed by atoms with E-state index in [0.29, 0.717) is 17.0 Å². The van der Waals surface area contributed by atoms with Crippen LogP contribution in [0.2, 0.25) is 5.02 Å². The van der Waals surface area contributed by atoms with E-state index in [2.05, 4.69) is 32.2 Å². The molecule has 1 aromatic carbocycles. The van der Waals surface area contributed by atoms with Crippen LogP contribution in [-0.2, 0) is 6.42 Å². The first-order valence-electron chi connectivity index (χ1n) is 7.25. The van der Waals surface area contributed by atoms with Crippen LogP contribution in [0.25, 0.3) is 0 Å². The molecule has 0 bridgehead atoms. The van der Waals surface area contributed by atoms with Crippen LogP contribution in [0.4, 0.5) is 4.39 Å². The Morgan fingerprint density at radius 3 is 2.67 bits per heavy atom. The summed E-state index contributed by atoms with van der Waals surface area (Å²) in [7, 11) is 0. The van der Waals surface area contributed by atoms with Gasteiger partial charge < -0.3 is 5.32 Å². The lowest BCUT2D eigenvalue weighted by molar-refractivity contribution is 0.519. The van der Waals surface area contributed by atoms with Crippen LogP contribution in [0.1, 0.15) is 40.3 Å². The third-order valence-electron chi connectivity index (χ3n) is 3.60. The lowest BCUT2D eigenvalue weighted by Gasteiger charge is -2.18. The van der Waals surface area contributed by atoms with Crippen molar-refractivity contribution >= 4 is 22.9 Å². The third kappa shape index (κ3) is 4.29. The maximum Gasteiger partial charge on any atom is 0.126 e. The van der Waals surface area contributed by atoms with Gasteiger partial charge in [-0.2, -0.15) is 0 Å². The van der Waals surface area contributed by atoms with Crippen molar-refractivity contribution in [3.63, 3.8) is 0 Å². The fourth-order valence-electron chi connectivity index (χ4n) is 2.29. The highest BCUT2D eigenvalue weighted by molar-refractivity contribution is 7.12. The fraction of sp³-hybridized carbons (Fsp3) is 0.412. The standard InChI is InChI=1S/C17H21ClFNS/c1-4-7-20-16(17-8-11(2)12(3)21-17)10-13-9-14(18)5-6-15(13)19/h5-6,8-9,16,20H,4,7,10H2,1-3H3. The van der Waals surface area contributed by atoms with Crippen molar-refractivity contribution in [3.05, 3.63) is 56.0 Å². The van der Waals surface area contributed by atoms with E-state index in [1.165, 1.54) is 21.4 Å². The number of hydrogen-bond acceptors (Lipinski definition) is 2. The topological polar surface area (TPSA) is 12.0 Å². The van der Waals surface area contributed by atoms with Gasteiger partial charge in [0.1, 0.15) is 5.82 Å². The van der Waals surface area contributed by atoms with Gasteiger partial charge in [0.2, 0.25) is 0 Å². The van der Waals surface area contributed by atoms with E-state index >= 15 is 0 Å². The van der Waals surface area contributed by atoms with Crippen LogP contribution < -0.4 is 5.32 Å². The molecule has 4 heteroatoms. The average molecular weight is 326 g/mol. The number of benzene rings is 1. The van der Waals surface area contributed by atoms with Gasteiger partial charge in [-0.15, -0.1) is 11.3 Å². The predicted molar refractivity (Wildman–Crippen MR) is 89.9 cm³/mol. The molecule has 1 nitrogen and oxygen atoms in total. The fourth-order valence-corrected chi connectivity index (χ4v) is 3.60. The molecule has 0 spiro atoms. The molecule has 1 atom stereocenters. The summed E-state index contributed by atoms with van der Waals surface area (Å²) in [5, 5.41) is 4.10. The Labute approximate surface area is 135 Å². The van der Waals surface area contributed by atoms with Crippen LogP contribution in [0.5, 0.6) is 0 Å². The minimum Gasteiger partial charge on any atom is -0.309 e. The minimum absolute atomic E-state index is 0.135. The Morgan fingerprint density at radius 1 is 1.29 bits per heavy atom. The predicted octanol–water partition coefficient (Wildman–Crippen LogP) is 5.44. The Kier molecular flexibility index (Phi) is 5.80. The summed E-state index contributed by atoms with van der Waals surface area (Å²) in [4.78, 5) is 2.58. The second-order valence-corrected chi connectivity index (χ2v) is 7.06. The quantitative estimate of drug-likeness (QED) is 0.745. The highest BCUT2D eigenvalue weighted by Gasteiger charge is 2.17. The van der Waals surface area contributed by atoms with Gasteiger partial charge in [0, 0.05) is 20.8 Å². The summed E-state index contributed by atoms with van der Waals surface area (Å²) in [6, 6.07) is 7.10. The van der Waals surface area contributed by atoms with Gasteiger partial charge in [-0.05, 0) is 68.6 Å². The molecule has 1 unspecified atom stereocenters. The van der Waals surface area contributed by atoms with Crippen LogP contribution in [0.15, 0.2) is 24.3 Å². The van der Waals surface area contributed by atoms with E-state index in [-0.39, 0.29) is 11.9 Å². The highest BCUT2D eigenvalue weighted by Crippen LogP contribution is 2.30. The summed E-state index contributed by atoms with van der Waals surface area (Å²) in [6.07, 6.45) is 1.67. The summed E-state index contributed by atoms with van der Waals surface area (Å²) in [5.74, 6) is -0.187. The molecule has 1 heterocycles. The van der Waals surface area contributed by atoms with Gasteiger partial charge in [0.25, 0.3) is 0 Å². The molecular formula is C17H21ClFNS. The first kappa shape index (κ1) is 16.5. The van der Waals surface area contributed by atoms with E-state index in [9.17, 15) is 4.39 Å². The van der Waals surface area contributed by atoms with Gasteiger partial charge in [-0.25, -0.2) is 4.39 Å². The van der Waals surface area contributed by atoms with Crippen molar-refractivity contribution in [1.29, 1.82) is 0 Å². The van der Waals surface area contributed by atoms with Gasteiger partial charge in [-0.1, -0.05) is 18.5 Å². The molecule has 0 aliphatic rings. The van der Waals surface area contributed by atoms with E-state index in [4.69, 9.17) is 11.6 Å². The first-order valence-corrected chi connectivity index (χ1v) is 8.45. The largest absolute Gasteiger partial charge is 0.309 e. The van der Waals surface area contributed by atoms with Crippen molar-refractivity contribution in [1.82, 2.24) is 5.32 Å². The molecule has 0 aliphatic heterocycles. The molecule has 0 saturated carbocycles. The van der Waals surface area contributed by atoms with Gasteiger partial charge >= 0.3 is 0 Å². The molecule has 114 valence electrons. The lowest BCUT2D eigenvalue weighted by Crippen LogP contribution is -2.23. The van der Waals surface area contributed by atoms with Crippen LogP contribution in [0, 0.1) is 19.7 Å². The van der Waals surface area contributed by atoms with Crippen molar-refractivity contribution < 1.29 is 4.39 Å². The Balaban J connectivity index is 2.25. The zero-order valence-corrected chi connectivity index (χ0v) is 14.2. The van der Waals surface area contributed by atoms with E-state index in [0.717, 1.165) is 13.0 Å². The number of nitrogens with one attached hydrogen (secondary N) is 1. The number of hydrogen-bond donors (Lipinski definition) is 1. The molecule has 0 amide bonds. The smallest absolute Gasteiger partial charge is 0.126 e. The van der Waals surface area contributed by atoms with Crippen molar-refractivity contribution in [2.45, 2.75) is 39.7 Å². The monoisotopic (exact) mass is 325 g/mol. The van der Waals surface area contributed by atoms with E-state index in [1.54, 1.807) is 23.5 Å². The lowest BCUT2D eigenvalue weighted by atomic mass is 10.0. The average Bonchev–Trinajstić information content (AvgIpc) is 2.78. The van der Waals surface area contributed by atoms with E-state index in [1.807, 2.05) is 0 Å². The molecule has 2 aromatic rings. The van der Waals surface area contributed by atoms with Crippen LogP contribution in [-0.4, -0.2) is 6.54 Å². The zero-order valence-electron chi connectivity index (χ0n) is 12.7. The number of thiophene rings is 1. The summed E-state index contributed by atoms with van der Waals surface area (Å²) in [5.41, 5.74) is 1.96. The minimum atomic E-state index is -0.187. The molecule has 0 saturated heterocycles. The number of halogens is 2. The molecule has 0 radical (unpaired) electrons. The maximum absolute atomic E-state index is 14.0. The van der Waals surface area contributed by atoms with Crippen LogP contribution >= 0.6 is 22.9 Å². The Morgan fingerprint density at radius 2 is 2.05 bits per heavy atom.